The first-order valence-corrected chi connectivity index (χ1v) is 14.8. The van der Waals surface area contributed by atoms with Crippen molar-refractivity contribution in [2.24, 2.45) is 0 Å². The molecule has 8 heteroatoms. The van der Waals surface area contributed by atoms with Gasteiger partial charge in [-0.2, -0.15) is 0 Å². The molecule has 5 rings (SSSR count). The van der Waals surface area contributed by atoms with Crippen LogP contribution in [0.1, 0.15) is 69.5 Å². The Balaban J connectivity index is 1.17. The van der Waals surface area contributed by atoms with Crippen LogP contribution in [0.3, 0.4) is 0 Å². The third kappa shape index (κ3) is 6.89. The van der Waals surface area contributed by atoms with E-state index in [1.54, 1.807) is 12.1 Å². The zero-order chi connectivity index (χ0) is 29.5. The lowest BCUT2D eigenvalue weighted by Gasteiger charge is -2.32. The van der Waals surface area contributed by atoms with Crippen molar-refractivity contribution in [1.82, 2.24) is 19.4 Å². The topological polar surface area (TPSA) is 87.9 Å². The van der Waals surface area contributed by atoms with E-state index >= 15 is 0 Å². The van der Waals surface area contributed by atoms with Gasteiger partial charge in [-0.25, -0.2) is 9.78 Å². The maximum Gasteiger partial charge on any atom is 0.337 e. The normalized spacial score (nSPS) is 14.0. The Kier molecular flexibility index (Phi) is 9.66. The van der Waals surface area contributed by atoms with Crippen LogP contribution in [0.25, 0.3) is 11.0 Å². The van der Waals surface area contributed by atoms with E-state index in [0.29, 0.717) is 24.6 Å². The summed E-state index contributed by atoms with van der Waals surface area (Å²) in [5.41, 5.74) is 5.65. The van der Waals surface area contributed by atoms with Gasteiger partial charge in [0.1, 0.15) is 5.65 Å². The van der Waals surface area contributed by atoms with Crippen LogP contribution in [-0.2, 0) is 17.8 Å². The van der Waals surface area contributed by atoms with Crippen molar-refractivity contribution in [3.05, 3.63) is 101 Å². The predicted octanol–water partition coefficient (Wildman–Crippen LogP) is 5.10. The summed E-state index contributed by atoms with van der Waals surface area (Å²) < 4.78 is 6.90. The zero-order valence-electron chi connectivity index (χ0n) is 24.5. The number of esters is 1. The number of rotatable bonds is 11. The molecule has 8 nitrogen and oxygen atoms in total. The summed E-state index contributed by atoms with van der Waals surface area (Å²) in [6.07, 6.45) is 6.91. The minimum absolute atomic E-state index is 0.0889. The highest BCUT2D eigenvalue weighted by molar-refractivity contribution is 5.94. The molecule has 0 aliphatic carbocycles. The number of aliphatic hydroxyl groups excluding tert-OH is 1. The first-order valence-electron chi connectivity index (χ1n) is 14.8. The van der Waals surface area contributed by atoms with Gasteiger partial charge in [0, 0.05) is 56.1 Å². The Morgan fingerprint density at radius 3 is 2.33 bits per heavy atom. The maximum atomic E-state index is 13.2. The molecular formula is C34H40N4O4. The molecule has 0 saturated carbocycles. The van der Waals surface area contributed by atoms with Gasteiger partial charge in [-0.15, -0.1) is 0 Å². The van der Waals surface area contributed by atoms with Gasteiger partial charge in [-0.3, -0.25) is 9.69 Å². The highest BCUT2D eigenvalue weighted by Crippen LogP contribution is 2.30. The van der Waals surface area contributed by atoms with Gasteiger partial charge in [-0.05, 0) is 84.8 Å². The summed E-state index contributed by atoms with van der Waals surface area (Å²) in [5, 5.41) is 10.4. The fraction of sp³-hybridized carbons (Fsp3) is 0.382. The Bertz CT molecular complexity index is 1480. The number of hydrogen-bond acceptors (Lipinski definition) is 6. The summed E-state index contributed by atoms with van der Waals surface area (Å²) in [7, 11) is 1.38. The quantitative estimate of drug-likeness (QED) is 0.254. The Morgan fingerprint density at radius 2 is 1.67 bits per heavy atom. The molecule has 4 aromatic rings. The highest BCUT2D eigenvalue weighted by atomic mass is 16.5. The van der Waals surface area contributed by atoms with E-state index in [-0.39, 0.29) is 18.5 Å². The van der Waals surface area contributed by atoms with Crippen LogP contribution >= 0.6 is 0 Å². The van der Waals surface area contributed by atoms with Crippen LogP contribution in [-0.4, -0.2) is 76.2 Å². The third-order valence-corrected chi connectivity index (χ3v) is 8.17. The highest BCUT2D eigenvalue weighted by Gasteiger charge is 2.25. The van der Waals surface area contributed by atoms with Gasteiger partial charge >= 0.3 is 5.97 Å². The minimum atomic E-state index is -0.337. The van der Waals surface area contributed by atoms with Gasteiger partial charge < -0.3 is 19.3 Å². The number of fused-ring (bicyclic) bond motifs is 1. The average Bonchev–Trinajstić information content (AvgIpc) is 3.43. The van der Waals surface area contributed by atoms with Crippen LogP contribution in [0, 0.1) is 0 Å². The summed E-state index contributed by atoms with van der Waals surface area (Å²) in [6, 6.07) is 19.7. The standard InChI is InChI=1S/C34H40N4O4/c1-3-15-36(19-20-39)23-25-4-8-28(9-5-25)33(40)37-16-12-27(13-17-37)31-21-30-14-18-38(32(30)35-22-31)24-26-6-10-29(11-7-26)34(41)42-2/h4-11,14,18,21-22,27,39H,3,12-13,15-17,19-20,23-24H2,1-2H3. The molecule has 1 fully saturated rings. The van der Waals surface area contributed by atoms with E-state index in [9.17, 15) is 14.7 Å². The molecule has 3 heterocycles. The van der Waals surface area contributed by atoms with Crippen LogP contribution in [0.15, 0.2) is 73.1 Å². The summed E-state index contributed by atoms with van der Waals surface area (Å²) in [4.78, 5) is 33.9. The number of pyridine rings is 1. The largest absolute Gasteiger partial charge is 0.465 e. The van der Waals surface area contributed by atoms with Crippen molar-refractivity contribution in [2.75, 3.05) is 39.9 Å². The van der Waals surface area contributed by atoms with Crippen molar-refractivity contribution in [3.63, 3.8) is 0 Å². The molecule has 1 amide bonds. The summed E-state index contributed by atoms with van der Waals surface area (Å²) in [6.45, 7) is 6.79. The monoisotopic (exact) mass is 568 g/mol. The van der Waals surface area contributed by atoms with Crippen molar-refractivity contribution in [3.8, 4) is 0 Å². The lowest BCUT2D eigenvalue weighted by atomic mass is 9.90. The number of benzene rings is 2. The lowest BCUT2D eigenvalue weighted by Crippen LogP contribution is -2.38. The Hall–Kier alpha value is -4.01. The second kappa shape index (κ2) is 13.8. The Labute approximate surface area is 247 Å². The molecule has 0 spiro atoms. The first-order chi connectivity index (χ1) is 20.5. The molecule has 1 saturated heterocycles. The second-order valence-electron chi connectivity index (χ2n) is 11.1. The summed E-state index contributed by atoms with van der Waals surface area (Å²) in [5.74, 6) is 0.126. The van der Waals surface area contributed by atoms with E-state index in [2.05, 4.69) is 34.7 Å². The number of ether oxygens (including phenoxy) is 1. The number of hydrogen-bond donors (Lipinski definition) is 1. The molecule has 0 radical (unpaired) electrons. The molecule has 42 heavy (non-hydrogen) atoms. The van der Waals surface area contributed by atoms with Gasteiger partial charge in [0.2, 0.25) is 0 Å². The molecule has 0 unspecified atom stereocenters. The van der Waals surface area contributed by atoms with E-state index in [0.717, 1.165) is 73.2 Å². The fourth-order valence-electron chi connectivity index (χ4n) is 5.84. The van der Waals surface area contributed by atoms with E-state index < -0.39 is 0 Å². The molecule has 2 aromatic carbocycles. The number of piperidine rings is 1. The number of methoxy groups -OCH3 is 1. The molecular weight excluding hydrogens is 528 g/mol. The Morgan fingerprint density at radius 1 is 0.976 bits per heavy atom. The molecule has 0 bridgehead atoms. The fourth-order valence-corrected chi connectivity index (χ4v) is 5.84. The van der Waals surface area contributed by atoms with Crippen molar-refractivity contribution in [2.45, 2.75) is 45.2 Å². The van der Waals surface area contributed by atoms with Crippen LogP contribution in [0.4, 0.5) is 0 Å². The van der Waals surface area contributed by atoms with Gasteiger partial charge in [-0.1, -0.05) is 31.2 Å². The van der Waals surface area contributed by atoms with Crippen molar-refractivity contribution < 1.29 is 19.4 Å². The molecule has 1 aliphatic rings. The van der Waals surface area contributed by atoms with Gasteiger partial charge in [0.15, 0.2) is 0 Å². The minimum Gasteiger partial charge on any atom is -0.465 e. The smallest absolute Gasteiger partial charge is 0.337 e. The third-order valence-electron chi connectivity index (χ3n) is 8.17. The van der Waals surface area contributed by atoms with Crippen LogP contribution < -0.4 is 0 Å². The SMILES string of the molecule is CCCN(CCO)Cc1ccc(C(=O)N2CCC(c3cnc4c(ccn4Cc4ccc(C(=O)OC)cc4)c3)CC2)cc1. The van der Waals surface area contributed by atoms with Crippen LogP contribution in [0.2, 0.25) is 0 Å². The van der Waals surface area contributed by atoms with Crippen LogP contribution in [0.5, 0.6) is 0 Å². The number of likely N-dealkylation sites (tertiary alicyclic amines) is 1. The number of aliphatic hydroxyl groups is 1. The molecule has 1 aliphatic heterocycles. The number of carbonyl (C=O) groups is 2. The molecule has 2 aromatic heterocycles. The molecule has 0 atom stereocenters. The number of carbonyl (C=O) groups excluding carboxylic acids is 2. The number of nitrogens with zero attached hydrogens (tertiary/aromatic N) is 4. The van der Waals surface area contributed by atoms with E-state index in [4.69, 9.17) is 9.72 Å². The van der Waals surface area contributed by atoms with E-state index in [1.807, 2.05) is 47.5 Å². The zero-order valence-corrected chi connectivity index (χ0v) is 24.5. The average molecular weight is 569 g/mol. The number of aromatic nitrogens is 2. The van der Waals surface area contributed by atoms with E-state index in [1.165, 1.54) is 12.7 Å². The lowest BCUT2D eigenvalue weighted by molar-refractivity contribution is 0.0600. The first kappa shape index (κ1) is 29.5. The summed E-state index contributed by atoms with van der Waals surface area (Å²) >= 11 is 0. The van der Waals surface area contributed by atoms with Crippen molar-refractivity contribution >= 4 is 22.9 Å². The number of amides is 1. The molecule has 220 valence electrons. The maximum absolute atomic E-state index is 13.2. The van der Waals surface area contributed by atoms with Gasteiger partial charge in [0.25, 0.3) is 5.91 Å². The molecule has 1 N–H and O–H groups in total. The second-order valence-corrected chi connectivity index (χ2v) is 11.1. The van der Waals surface area contributed by atoms with Gasteiger partial charge in [0.05, 0.1) is 19.3 Å². The predicted molar refractivity (Wildman–Crippen MR) is 164 cm³/mol. The van der Waals surface area contributed by atoms with Crippen molar-refractivity contribution in [1.29, 1.82) is 0 Å².